The van der Waals surface area contributed by atoms with Crippen molar-refractivity contribution in [1.82, 2.24) is 4.98 Å². The summed E-state index contributed by atoms with van der Waals surface area (Å²) in [6.45, 7) is 1.62. The maximum atomic E-state index is 5.56. The second-order valence-electron chi connectivity index (χ2n) is 3.40. The lowest BCUT2D eigenvalue weighted by Crippen LogP contribution is -2.31. The van der Waals surface area contributed by atoms with Gasteiger partial charge < -0.3 is 10.6 Å². The van der Waals surface area contributed by atoms with Crippen molar-refractivity contribution in [1.29, 1.82) is 0 Å². The highest BCUT2D eigenvalue weighted by molar-refractivity contribution is 5.40. The summed E-state index contributed by atoms with van der Waals surface area (Å²) in [5.41, 5.74) is 5.56. The molecule has 0 amide bonds. The summed E-state index contributed by atoms with van der Waals surface area (Å²) < 4.78 is 0. The SMILES string of the molecule is NCCN(c1ccccn1)C1CC1. The molecule has 2 N–H and O–H groups in total. The van der Waals surface area contributed by atoms with E-state index in [9.17, 15) is 0 Å². The molecule has 3 nitrogen and oxygen atoms in total. The van der Waals surface area contributed by atoms with Crippen LogP contribution in [0.25, 0.3) is 0 Å². The van der Waals surface area contributed by atoms with Crippen LogP contribution in [-0.4, -0.2) is 24.1 Å². The van der Waals surface area contributed by atoms with Crippen LogP contribution in [0.2, 0.25) is 0 Å². The van der Waals surface area contributed by atoms with Crippen LogP contribution in [0.4, 0.5) is 5.82 Å². The normalized spacial score (nSPS) is 15.8. The maximum Gasteiger partial charge on any atom is 0.128 e. The molecule has 1 aromatic rings. The van der Waals surface area contributed by atoms with E-state index in [1.165, 1.54) is 12.8 Å². The first-order chi connectivity index (χ1) is 6.42. The van der Waals surface area contributed by atoms with Gasteiger partial charge in [-0.05, 0) is 25.0 Å². The third kappa shape index (κ3) is 1.98. The predicted molar refractivity (Wildman–Crippen MR) is 53.7 cm³/mol. The van der Waals surface area contributed by atoms with Gasteiger partial charge in [0, 0.05) is 25.3 Å². The molecule has 13 heavy (non-hydrogen) atoms. The van der Waals surface area contributed by atoms with Gasteiger partial charge in [-0.15, -0.1) is 0 Å². The van der Waals surface area contributed by atoms with E-state index in [1.54, 1.807) is 0 Å². The molecule has 1 aliphatic rings. The lowest BCUT2D eigenvalue weighted by atomic mass is 10.4. The highest BCUT2D eigenvalue weighted by atomic mass is 15.2. The van der Waals surface area contributed by atoms with Crippen molar-refractivity contribution in [3.8, 4) is 0 Å². The zero-order valence-electron chi connectivity index (χ0n) is 7.69. The first-order valence-electron chi connectivity index (χ1n) is 4.79. The van der Waals surface area contributed by atoms with Gasteiger partial charge in [0.2, 0.25) is 0 Å². The van der Waals surface area contributed by atoms with Crippen LogP contribution >= 0.6 is 0 Å². The number of hydrogen-bond donors (Lipinski definition) is 1. The first-order valence-corrected chi connectivity index (χ1v) is 4.79. The fourth-order valence-electron chi connectivity index (χ4n) is 1.53. The molecular weight excluding hydrogens is 162 g/mol. The molecule has 70 valence electrons. The molecule has 3 heteroatoms. The van der Waals surface area contributed by atoms with E-state index < -0.39 is 0 Å². The molecule has 0 radical (unpaired) electrons. The summed E-state index contributed by atoms with van der Waals surface area (Å²) in [4.78, 5) is 6.63. The monoisotopic (exact) mass is 177 g/mol. The smallest absolute Gasteiger partial charge is 0.128 e. The maximum absolute atomic E-state index is 5.56. The molecule has 0 aliphatic heterocycles. The van der Waals surface area contributed by atoms with E-state index in [2.05, 4.69) is 9.88 Å². The Morgan fingerprint density at radius 2 is 2.31 bits per heavy atom. The van der Waals surface area contributed by atoms with E-state index >= 15 is 0 Å². The number of pyridine rings is 1. The van der Waals surface area contributed by atoms with E-state index in [4.69, 9.17) is 5.73 Å². The van der Waals surface area contributed by atoms with Crippen molar-refractivity contribution in [2.75, 3.05) is 18.0 Å². The minimum Gasteiger partial charge on any atom is -0.352 e. The number of anilines is 1. The molecule has 1 aliphatic carbocycles. The Morgan fingerprint density at radius 1 is 1.46 bits per heavy atom. The van der Waals surface area contributed by atoms with Crippen molar-refractivity contribution in [3.05, 3.63) is 24.4 Å². The van der Waals surface area contributed by atoms with E-state index in [1.807, 2.05) is 24.4 Å². The van der Waals surface area contributed by atoms with Gasteiger partial charge in [-0.25, -0.2) is 4.98 Å². The Morgan fingerprint density at radius 3 is 2.85 bits per heavy atom. The van der Waals surface area contributed by atoms with Crippen LogP contribution in [0.5, 0.6) is 0 Å². The lowest BCUT2D eigenvalue weighted by Gasteiger charge is -2.22. The zero-order chi connectivity index (χ0) is 9.10. The summed E-state index contributed by atoms with van der Waals surface area (Å²) in [5.74, 6) is 1.07. The van der Waals surface area contributed by atoms with E-state index in [0.29, 0.717) is 12.6 Å². The van der Waals surface area contributed by atoms with Crippen molar-refractivity contribution < 1.29 is 0 Å². The van der Waals surface area contributed by atoms with Crippen molar-refractivity contribution in [2.24, 2.45) is 5.73 Å². The van der Waals surface area contributed by atoms with Gasteiger partial charge in [0.1, 0.15) is 5.82 Å². The number of aromatic nitrogens is 1. The average molecular weight is 177 g/mol. The third-order valence-electron chi connectivity index (χ3n) is 2.30. The number of nitrogens with two attached hydrogens (primary N) is 1. The summed E-state index contributed by atoms with van der Waals surface area (Å²) in [6.07, 6.45) is 4.41. The summed E-state index contributed by atoms with van der Waals surface area (Å²) in [7, 11) is 0. The van der Waals surface area contributed by atoms with Gasteiger partial charge in [-0.2, -0.15) is 0 Å². The molecule has 0 aromatic carbocycles. The van der Waals surface area contributed by atoms with Crippen LogP contribution in [-0.2, 0) is 0 Å². The Balaban J connectivity index is 2.10. The fraction of sp³-hybridized carbons (Fsp3) is 0.500. The van der Waals surface area contributed by atoms with E-state index in [0.717, 1.165) is 12.4 Å². The number of rotatable bonds is 4. The van der Waals surface area contributed by atoms with Crippen LogP contribution in [0, 0.1) is 0 Å². The van der Waals surface area contributed by atoms with E-state index in [-0.39, 0.29) is 0 Å². The van der Waals surface area contributed by atoms with Gasteiger partial charge in [-0.3, -0.25) is 0 Å². The molecule has 0 spiro atoms. The standard InChI is InChI=1S/C10H15N3/c11-6-8-13(9-4-5-9)10-3-1-2-7-12-10/h1-3,7,9H,4-6,8,11H2. The summed E-state index contributed by atoms with van der Waals surface area (Å²) in [6, 6.07) is 6.71. The Labute approximate surface area is 78.6 Å². The third-order valence-corrected chi connectivity index (χ3v) is 2.30. The van der Waals surface area contributed by atoms with Crippen molar-refractivity contribution in [3.63, 3.8) is 0 Å². The molecule has 0 saturated heterocycles. The van der Waals surface area contributed by atoms with Crippen molar-refractivity contribution in [2.45, 2.75) is 18.9 Å². The first kappa shape index (κ1) is 8.51. The number of nitrogens with zero attached hydrogens (tertiary/aromatic N) is 2. The minimum absolute atomic E-state index is 0.693. The quantitative estimate of drug-likeness (QED) is 0.746. The van der Waals surface area contributed by atoms with Crippen LogP contribution < -0.4 is 10.6 Å². The Bertz CT molecular complexity index is 256. The summed E-state index contributed by atoms with van der Waals surface area (Å²) in [5, 5.41) is 0. The topological polar surface area (TPSA) is 42.1 Å². The predicted octanol–water partition coefficient (Wildman–Crippen LogP) is 1.01. The molecular formula is C10H15N3. The molecule has 1 heterocycles. The second-order valence-corrected chi connectivity index (χ2v) is 3.40. The summed E-state index contributed by atoms with van der Waals surface area (Å²) >= 11 is 0. The molecule has 2 rings (SSSR count). The molecule has 1 saturated carbocycles. The lowest BCUT2D eigenvalue weighted by molar-refractivity contribution is 0.771. The average Bonchev–Trinajstić information content (AvgIpc) is 2.99. The zero-order valence-corrected chi connectivity index (χ0v) is 7.69. The van der Waals surface area contributed by atoms with Gasteiger partial charge in [0.25, 0.3) is 0 Å². The van der Waals surface area contributed by atoms with Gasteiger partial charge >= 0.3 is 0 Å². The van der Waals surface area contributed by atoms with Gasteiger partial charge in [-0.1, -0.05) is 6.07 Å². The number of hydrogen-bond acceptors (Lipinski definition) is 3. The van der Waals surface area contributed by atoms with Crippen molar-refractivity contribution >= 4 is 5.82 Å². The Hall–Kier alpha value is -1.09. The highest BCUT2D eigenvalue weighted by Gasteiger charge is 2.29. The Kier molecular flexibility index (Phi) is 2.45. The molecule has 0 unspecified atom stereocenters. The fourth-order valence-corrected chi connectivity index (χ4v) is 1.53. The minimum atomic E-state index is 0.693. The molecule has 0 atom stereocenters. The molecule has 0 bridgehead atoms. The second kappa shape index (κ2) is 3.75. The highest BCUT2D eigenvalue weighted by Crippen LogP contribution is 2.29. The molecule has 1 aromatic heterocycles. The van der Waals surface area contributed by atoms with Gasteiger partial charge in [0.15, 0.2) is 0 Å². The largest absolute Gasteiger partial charge is 0.352 e. The van der Waals surface area contributed by atoms with Crippen LogP contribution in [0.3, 0.4) is 0 Å². The van der Waals surface area contributed by atoms with Gasteiger partial charge in [0.05, 0.1) is 0 Å². The van der Waals surface area contributed by atoms with Crippen LogP contribution in [0.15, 0.2) is 24.4 Å². The van der Waals surface area contributed by atoms with Crippen LogP contribution in [0.1, 0.15) is 12.8 Å². The molecule has 1 fully saturated rings.